The molecule has 1 fully saturated rings. The smallest absolute Gasteiger partial charge is 0.140 e. The number of aromatic nitrogens is 2. The van der Waals surface area contributed by atoms with Crippen LogP contribution in [0.25, 0.3) is 0 Å². The van der Waals surface area contributed by atoms with Gasteiger partial charge < -0.3 is 0 Å². The molecule has 0 amide bonds. The number of nitrogens with zero attached hydrogens (tertiary/aromatic N) is 2. The predicted molar refractivity (Wildman–Crippen MR) is 84.0 cm³/mol. The Hall–Kier alpha value is -0.280. The third kappa shape index (κ3) is 4.09. The average Bonchev–Trinajstić information content (AvgIpc) is 2.36. The monoisotopic (exact) mass is 298 g/mol. The minimum Gasteiger partial charge on any atom is -0.237 e. The van der Waals surface area contributed by atoms with Gasteiger partial charge in [0.1, 0.15) is 11.0 Å². The molecule has 1 aliphatic rings. The fourth-order valence-electron chi connectivity index (χ4n) is 2.75. The maximum absolute atomic E-state index is 6.29. The lowest BCUT2D eigenvalue weighted by Gasteiger charge is -2.20. The van der Waals surface area contributed by atoms with Crippen molar-refractivity contribution < 1.29 is 0 Å². The van der Waals surface area contributed by atoms with Gasteiger partial charge in [0.15, 0.2) is 0 Å². The van der Waals surface area contributed by atoms with Crippen LogP contribution in [0.15, 0.2) is 0 Å². The SMILES string of the molecule is Cc1nc(CSC2CCCCC2)nc(Cl)c1C(C)C. The number of hydrogen-bond acceptors (Lipinski definition) is 3. The second-order valence-electron chi connectivity index (χ2n) is 5.66. The lowest BCUT2D eigenvalue weighted by Crippen LogP contribution is -2.10. The fraction of sp³-hybridized carbons (Fsp3) is 0.733. The quantitative estimate of drug-likeness (QED) is 0.721. The molecule has 0 saturated heterocycles. The molecule has 2 nitrogen and oxygen atoms in total. The van der Waals surface area contributed by atoms with Crippen molar-refractivity contribution in [2.45, 2.75) is 69.8 Å². The molecule has 1 aromatic rings. The largest absolute Gasteiger partial charge is 0.237 e. The van der Waals surface area contributed by atoms with Gasteiger partial charge in [-0.05, 0) is 25.7 Å². The van der Waals surface area contributed by atoms with E-state index in [1.807, 2.05) is 18.7 Å². The van der Waals surface area contributed by atoms with Crippen LogP contribution in [0.4, 0.5) is 0 Å². The summed E-state index contributed by atoms with van der Waals surface area (Å²) in [5.41, 5.74) is 2.13. The molecular formula is C15H23ClN2S. The summed E-state index contributed by atoms with van der Waals surface area (Å²) in [6.07, 6.45) is 6.86. The van der Waals surface area contributed by atoms with E-state index in [1.165, 1.54) is 32.1 Å². The highest BCUT2D eigenvalue weighted by molar-refractivity contribution is 7.99. The molecule has 2 rings (SSSR count). The van der Waals surface area contributed by atoms with E-state index in [1.54, 1.807) is 0 Å². The first-order chi connectivity index (χ1) is 9.08. The minimum atomic E-state index is 0.382. The Kier molecular flexibility index (Phi) is 5.52. The number of hydrogen-bond donors (Lipinski definition) is 0. The summed E-state index contributed by atoms with van der Waals surface area (Å²) in [5.74, 6) is 2.17. The Morgan fingerprint density at radius 1 is 1.21 bits per heavy atom. The molecule has 0 bridgehead atoms. The van der Waals surface area contributed by atoms with Gasteiger partial charge in [0.25, 0.3) is 0 Å². The van der Waals surface area contributed by atoms with Crippen molar-refractivity contribution in [1.82, 2.24) is 9.97 Å². The molecule has 0 radical (unpaired) electrons. The number of halogens is 1. The Morgan fingerprint density at radius 2 is 1.89 bits per heavy atom. The second-order valence-corrected chi connectivity index (χ2v) is 7.30. The van der Waals surface area contributed by atoms with Crippen LogP contribution >= 0.6 is 23.4 Å². The molecule has 106 valence electrons. The third-order valence-corrected chi connectivity index (χ3v) is 5.37. The Balaban J connectivity index is 2.01. The Morgan fingerprint density at radius 3 is 2.47 bits per heavy atom. The molecule has 1 aliphatic carbocycles. The molecule has 0 N–H and O–H groups in total. The highest BCUT2D eigenvalue weighted by Gasteiger charge is 2.16. The van der Waals surface area contributed by atoms with Gasteiger partial charge in [-0.15, -0.1) is 0 Å². The zero-order valence-electron chi connectivity index (χ0n) is 12.1. The molecule has 1 aromatic heterocycles. The van der Waals surface area contributed by atoms with E-state index < -0.39 is 0 Å². The number of aryl methyl sites for hydroxylation is 1. The number of thioether (sulfide) groups is 1. The second kappa shape index (κ2) is 6.94. The number of rotatable bonds is 4. The van der Waals surface area contributed by atoms with Crippen LogP contribution in [-0.4, -0.2) is 15.2 Å². The summed E-state index contributed by atoms with van der Waals surface area (Å²) in [7, 11) is 0. The fourth-order valence-corrected chi connectivity index (χ4v) is 4.38. The Bertz CT molecular complexity index is 405. The maximum Gasteiger partial charge on any atom is 0.140 e. The average molecular weight is 299 g/mol. The van der Waals surface area contributed by atoms with Crippen molar-refractivity contribution in [1.29, 1.82) is 0 Å². The van der Waals surface area contributed by atoms with E-state index in [0.717, 1.165) is 28.1 Å². The standard InChI is InChI=1S/C15H23ClN2S/c1-10(2)14-11(3)17-13(18-15(14)16)9-19-12-7-5-4-6-8-12/h10,12H,4-9H2,1-3H3. The normalized spacial score (nSPS) is 17.1. The molecule has 0 atom stereocenters. The van der Waals surface area contributed by atoms with Crippen LogP contribution in [0, 0.1) is 6.92 Å². The first kappa shape index (κ1) is 15.1. The van der Waals surface area contributed by atoms with E-state index in [-0.39, 0.29) is 0 Å². The lowest BCUT2D eigenvalue weighted by molar-refractivity contribution is 0.516. The first-order valence-electron chi connectivity index (χ1n) is 7.22. The summed E-state index contributed by atoms with van der Waals surface area (Å²) in [5, 5.41) is 1.43. The molecule has 4 heteroatoms. The summed E-state index contributed by atoms with van der Waals surface area (Å²) < 4.78 is 0. The van der Waals surface area contributed by atoms with Crippen LogP contribution < -0.4 is 0 Å². The van der Waals surface area contributed by atoms with Crippen molar-refractivity contribution >= 4 is 23.4 Å². The van der Waals surface area contributed by atoms with Gasteiger partial charge in [0.05, 0.1) is 5.75 Å². The Labute approximate surface area is 125 Å². The minimum absolute atomic E-state index is 0.382. The highest BCUT2D eigenvalue weighted by Crippen LogP contribution is 2.31. The summed E-state index contributed by atoms with van der Waals surface area (Å²) in [6, 6.07) is 0. The predicted octanol–water partition coefficient (Wildman–Crippen LogP) is 5.13. The van der Waals surface area contributed by atoms with Gasteiger partial charge in [-0.2, -0.15) is 11.8 Å². The van der Waals surface area contributed by atoms with Crippen molar-refractivity contribution in [2.75, 3.05) is 0 Å². The van der Waals surface area contributed by atoms with Crippen LogP contribution in [0.2, 0.25) is 5.15 Å². The highest BCUT2D eigenvalue weighted by atomic mass is 35.5. The van der Waals surface area contributed by atoms with Gasteiger partial charge in [-0.25, -0.2) is 9.97 Å². The van der Waals surface area contributed by atoms with E-state index in [9.17, 15) is 0 Å². The molecule has 0 unspecified atom stereocenters. The summed E-state index contributed by atoms with van der Waals surface area (Å²) in [4.78, 5) is 9.10. The van der Waals surface area contributed by atoms with Gasteiger partial charge >= 0.3 is 0 Å². The van der Waals surface area contributed by atoms with Crippen LogP contribution in [-0.2, 0) is 5.75 Å². The van der Waals surface area contributed by atoms with Gasteiger partial charge in [0, 0.05) is 16.5 Å². The molecule has 0 spiro atoms. The molecular weight excluding hydrogens is 276 g/mol. The van der Waals surface area contributed by atoms with E-state index >= 15 is 0 Å². The summed E-state index contributed by atoms with van der Waals surface area (Å²) in [6.45, 7) is 6.31. The summed E-state index contributed by atoms with van der Waals surface area (Å²) >= 11 is 8.29. The van der Waals surface area contributed by atoms with Crippen LogP contribution in [0.5, 0.6) is 0 Å². The zero-order chi connectivity index (χ0) is 13.8. The van der Waals surface area contributed by atoms with Crippen molar-refractivity contribution in [3.63, 3.8) is 0 Å². The van der Waals surface area contributed by atoms with Gasteiger partial charge in [0.2, 0.25) is 0 Å². The topological polar surface area (TPSA) is 25.8 Å². The van der Waals surface area contributed by atoms with Crippen molar-refractivity contribution in [3.05, 3.63) is 22.2 Å². The van der Waals surface area contributed by atoms with Crippen molar-refractivity contribution in [3.8, 4) is 0 Å². The molecule has 1 saturated carbocycles. The van der Waals surface area contributed by atoms with Gasteiger partial charge in [-0.3, -0.25) is 0 Å². The van der Waals surface area contributed by atoms with E-state index in [4.69, 9.17) is 11.6 Å². The lowest BCUT2D eigenvalue weighted by atomic mass is 10.0. The van der Waals surface area contributed by atoms with E-state index in [2.05, 4.69) is 23.8 Å². The molecule has 0 aromatic carbocycles. The molecule has 1 heterocycles. The van der Waals surface area contributed by atoms with Gasteiger partial charge in [-0.1, -0.05) is 44.7 Å². The zero-order valence-corrected chi connectivity index (χ0v) is 13.7. The third-order valence-electron chi connectivity index (χ3n) is 3.71. The van der Waals surface area contributed by atoms with Crippen LogP contribution in [0.3, 0.4) is 0 Å². The molecule has 19 heavy (non-hydrogen) atoms. The van der Waals surface area contributed by atoms with E-state index in [0.29, 0.717) is 11.1 Å². The molecule has 0 aliphatic heterocycles. The van der Waals surface area contributed by atoms with Crippen LogP contribution in [0.1, 0.15) is 69.0 Å². The van der Waals surface area contributed by atoms with Crippen molar-refractivity contribution in [2.24, 2.45) is 0 Å². The first-order valence-corrected chi connectivity index (χ1v) is 8.65. The maximum atomic E-state index is 6.29.